The second-order valence-electron chi connectivity index (χ2n) is 9.57. The number of nitrogens with zero attached hydrogens (tertiary/aromatic N) is 4. The second kappa shape index (κ2) is 15.6. The maximum Gasteiger partial charge on any atom is 0.191 e. The zero-order valence-corrected chi connectivity index (χ0v) is 22.7. The lowest BCUT2D eigenvalue weighted by Gasteiger charge is -2.34. The van der Waals surface area contributed by atoms with Gasteiger partial charge in [0, 0.05) is 58.4 Å². The largest absolute Gasteiger partial charge is 0.357 e. The Morgan fingerprint density at radius 3 is 2.10 bits per heavy atom. The van der Waals surface area contributed by atoms with E-state index in [2.05, 4.69) is 60.1 Å². The molecule has 0 radical (unpaired) electrons. The summed E-state index contributed by atoms with van der Waals surface area (Å²) in [6.07, 6.45) is 5.48. The van der Waals surface area contributed by atoms with Crippen LogP contribution in [0.2, 0.25) is 0 Å². The van der Waals surface area contributed by atoms with E-state index in [9.17, 15) is 0 Å². The molecule has 178 valence electrons. The van der Waals surface area contributed by atoms with Crippen molar-refractivity contribution in [2.24, 2.45) is 16.8 Å². The van der Waals surface area contributed by atoms with Crippen LogP contribution in [0.3, 0.4) is 0 Å². The summed E-state index contributed by atoms with van der Waals surface area (Å²) in [6, 6.07) is 0.583. The van der Waals surface area contributed by atoms with Crippen molar-refractivity contribution in [3.05, 3.63) is 0 Å². The van der Waals surface area contributed by atoms with Crippen molar-refractivity contribution in [1.29, 1.82) is 0 Å². The summed E-state index contributed by atoms with van der Waals surface area (Å²) in [6.45, 7) is 20.4. The highest BCUT2D eigenvalue weighted by atomic mass is 127. The van der Waals surface area contributed by atoms with Gasteiger partial charge in [-0.2, -0.15) is 0 Å². The van der Waals surface area contributed by atoms with Crippen LogP contribution in [-0.2, 0) is 0 Å². The molecular weight excluding hydrogens is 487 g/mol. The molecule has 0 aliphatic carbocycles. The molecule has 2 aliphatic heterocycles. The first-order valence-corrected chi connectivity index (χ1v) is 12.2. The van der Waals surface area contributed by atoms with E-state index >= 15 is 0 Å². The van der Waals surface area contributed by atoms with Gasteiger partial charge in [-0.3, -0.25) is 9.89 Å². The summed E-state index contributed by atoms with van der Waals surface area (Å²) in [5.41, 5.74) is 0. The van der Waals surface area contributed by atoms with Crippen molar-refractivity contribution in [1.82, 2.24) is 25.3 Å². The van der Waals surface area contributed by atoms with Crippen molar-refractivity contribution in [2.75, 3.05) is 72.5 Å². The molecule has 6 nitrogen and oxygen atoms in total. The lowest BCUT2D eigenvalue weighted by Crippen LogP contribution is -2.50. The van der Waals surface area contributed by atoms with Gasteiger partial charge >= 0.3 is 0 Å². The zero-order chi connectivity index (χ0) is 21.1. The quantitative estimate of drug-likeness (QED) is 0.270. The van der Waals surface area contributed by atoms with Gasteiger partial charge in [0.15, 0.2) is 5.96 Å². The average molecular weight is 537 g/mol. The van der Waals surface area contributed by atoms with Gasteiger partial charge in [0.05, 0.1) is 0 Å². The first kappa shape index (κ1) is 27.9. The number of hydrogen-bond donors (Lipinski definition) is 2. The molecule has 0 aromatic carbocycles. The van der Waals surface area contributed by atoms with Crippen LogP contribution in [0.4, 0.5) is 0 Å². The highest BCUT2D eigenvalue weighted by molar-refractivity contribution is 14.0. The molecule has 0 spiro atoms. The fourth-order valence-corrected chi connectivity index (χ4v) is 4.53. The molecule has 0 aromatic heterocycles. The number of nitrogens with one attached hydrogen (secondary N) is 2. The number of aliphatic imine (C=N–C) groups is 1. The van der Waals surface area contributed by atoms with Crippen LogP contribution < -0.4 is 10.6 Å². The molecular formula is C23H49IN6. The first-order valence-electron chi connectivity index (χ1n) is 12.2. The van der Waals surface area contributed by atoms with Gasteiger partial charge in [-0.05, 0) is 51.7 Å². The Kier molecular flexibility index (Phi) is 14.6. The fraction of sp³-hybridized carbons (Fsp3) is 0.957. The van der Waals surface area contributed by atoms with E-state index in [1.165, 1.54) is 65.0 Å². The molecule has 2 rings (SSSR count). The van der Waals surface area contributed by atoms with E-state index in [4.69, 9.17) is 4.99 Å². The van der Waals surface area contributed by atoms with E-state index in [0.717, 1.165) is 32.1 Å². The highest BCUT2D eigenvalue weighted by Gasteiger charge is 2.23. The Morgan fingerprint density at radius 2 is 1.53 bits per heavy atom. The van der Waals surface area contributed by atoms with Crippen molar-refractivity contribution in [3.63, 3.8) is 0 Å². The van der Waals surface area contributed by atoms with Crippen LogP contribution in [-0.4, -0.2) is 99.2 Å². The van der Waals surface area contributed by atoms with Gasteiger partial charge in [0.2, 0.25) is 0 Å². The molecule has 0 bridgehead atoms. The number of halogens is 1. The van der Waals surface area contributed by atoms with E-state index in [0.29, 0.717) is 17.9 Å². The van der Waals surface area contributed by atoms with Crippen LogP contribution in [0.15, 0.2) is 4.99 Å². The lowest BCUT2D eigenvalue weighted by molar-refractivity contribution is 0.140. The van der Waals surface area contributed by atoms with Crippen LogP contribution >= 0.6 is 24.0 Å². The SMILES string of the molecule is CCNC(=NCC(C)CN1CCN(C)CC1)NCC(C(C)C)N1CCCCCC1.I. The number of guanidine groups is 1. The Balaban J connectivity index is 0.00000450. The van der Waals surface area contributed by atoms with Gasteiger partial charge in [0.1, 0.15) is 0 Å². The molecule has 30 heavy (non-hydrogen) atoms. The molecule has 0 aromatic rings. The Morgan fingerprint density at radius 1 is 0.900 bits per heavy atom. The van der Waals surface area contributed by atoms with E-state index in [-0.39, 0.29) is 24.0 Å². The number of likely N-dealkylation sites (N-methyl/N-ethyl adjacent to an activating group) is 1. The summed E-state index contributed by atoms with van der Waals surface area (Å²) in [5.74, 6) is 2.22. The third-order valence-electron chi connectivity index (χ3n) is 6.43. The van der Waals surface area contributed by atoms with Crippen LogP contribution in [0, 0.1) is 11.8 Å². The van der Waals surface area contributed by atoms with Gasteiger partial charge in [-0.1, -0.05) is 33.6 Å². The van der Waals surface area contributed by atoms with Crippen LogP contribution in [0.1, 0.15) is 53.4 Å². The Labute approximate surface area is 203 Å². The summed E-state index contributed by atoms with van der Waals surface area (Å²) >= 11 is 0. The minimum absolute atomic E-state index is 0. The Bertz CT molecular complexity index is 457. The van der Waals surface area contributed by atoms with Crippen molar-refractivity contribution < 1.29 is 0 Å². The van der Waals surface area contributed by atoms with E-state index < -0.39 is 0 Å². The van der Waals surface area contributed by atoms with Gasteiger partial charge < -0.3 is 20.4 Å². The zero-order valence-electron chi connectivity index (χ0n) is 20.3. The van der Waals surface area contributed by atoms with Crippen molar-refractivity contribution in [2.45, 2.75) is 59.4 Å². The molecule has 7 heteroatoms. The van der Waals surface area contributed by atoms with Gasteiger partial charge in [-0.15, -0.1) is 24.0 Å². The topological polar surface area (TPSA) is 46.1 Å². The standard InChI is InChI=1S/C23H48N6.HI/c1-6-24-23(25-17-21(4)19-28-15-13-27(5)14-16-28)26-18-22(20(2)3)29-11-9-7-8-10-12-29;/h20-22H,6-19H2,1-5H3,(H2,24,25,26);1H. The maximum absolute atomic E-state index is 4.93. The summed E-state index contributed by atoms with van der Waals surface area (Å²) in [5, 5.41) is 7.12. The first-order chi connectivity index (χ1) is 14.0. The smallest absolute Gasteiger partial charge is 0.191 e. The Hall–Kier alpha value is -0.120. The maximum atomic E-state index is 4.93. The number of likely N-dealkylation sites (tertiary alicyclic amines) is 1. The monoisotopic (exact) mass is 536 g/mol. The molecule has 2 fully saturated rings. The summed E-state index contributed by atoms with van der Waals surface area (Å²) in [7, 11) is 2.22. The van der Waals surface area contributed by atoms with Gasteiger partial charge in [0.25, 0.3) is 0 Å². The average Bonchev–Trinajstić information content (AvgIpc) is 2.97. The fourth-order valence-electron chi connectivity index (χ4n) is 4.53. The van der Waals surface area contributed by atoms with Gasteiger partial charge in [-0.25, -0.2) is 0 Å². The molecule has 2 N–H and O–H groups in total. The van der Waals surface area contributed by atoms with Crippen molar-refractivity contribution >= 4 is 29.9 Å². The predicted molar refractivity (Wildman–Crippen MR) is 141 cm³/mol. The normalized spacial score (nSPS) is 22.3. The molecule has 2 unspecified atom stereocenters. The number of rotatable bonds is 9. The molecule has 0 saturated carbocycles. The third-order valence-corrected chi connectivity index (χ3v) is 6.43. The molecule has 2 heterocycles. The van der Waals surface area contributed by atoms with Crippen LogP contribution in [0.25, 0.3) is 0 Å². The summed E-state index contributed by atoms with van der Waals surface area (Å²) in [4.78, 5) is 12.7. The molecule has 2 saturated heterocycles. The summed E-state index contributed by atoms with van der Waals surface area (Å²) < 4.78 is 0. The lowest BCUT2D eigenvalue weighted by atomic mass is 10.0. The second-order valence-corrected chi connectivity index (χ2v) is 9.57. The molecule has 2 atom stereocenters. The third kappa shape index (κ3) is 10.5. The highest BCUT2D eigenvalue weighted by Crippen LogP contribution is 2.17. The van der Waals surface area contributed by atoms with E-state index in [1.807, 2.05) is 0 Å². The minimum atomic E-state index is 0. The van der Waals surface area contributed by atoms with Crippen LogP contribution in [0.5, 0.6) is 0 Å². The predicted octanol–water partition coefficient (Wildman–Crippen LogP) is 2.94. The number of hydrogen-bond acceptors (Lipinski definition) is 4. The molecule has 0 amide bonds. The van der Waals surface area contributed by atoms with E-state index in [1.54, 1.807) is 0 Å². The minimum Gasteiger partial charge on any atom is -0.357 e. The number of piperazine rings is 1. The van der Waals surface area contributed by atoms with Crippen molar-refractivity contribution in [3.8, 4) is 0 Å². The molecule has 2 aliphatic rings.